The van der Waals surface area contributed by atoms with Gasteiger partial charge in [0.15, 0.2) is 0 Å². The molecule has 2 amide bonds. The van der Waals surface area contributed by atoms with Gasteiger partial charge in [-0.15, -0.1) is 11.3 Å². The van der Waals surface area contributed by atoms with Gasteiger partial charge in [0.25, 0.3) is 0 Å². The van der Waals surface area contributed by atoms with Crippen molar-refractivity contribution in [3.63, 3.8) is 0 Å². The number of carbonyl (C=O) groups excluding carboxylic acids is 2. The van der Waals surface area contributed by atoms with E-state index in [1.165, 1.54) is 23.3 Å². The number of rotatable bonds is 7. The number of carbonyl (C=O) groups is 2. The van der Waals surface area contributed by atoms with Crippen LogP contribution < -0.4 is 10.6 Å². The number of aliphatic hydroxyl groups excluding tert-OH is 1. The lowest BCUT2D eigenvalue weighted by atomic mass is 9.84. The topological polar surface area (TPSA) is 78.4 Å². The van der Waals surface area contributed by atoms with Gasteiger partial charge in [-0.3, -0.25) is 9.59 Å². The number of nitrogens with one attached hydrogen (secondary N) is 2. The molecule has 0 bridgehead atoms. The largest absolute Gasteiger partial charge is 0.388 e. The molecule has 0 aromatic carbocycles. The van der Waals surface area contributed by atoms with Gasteiger partial charge >= 0.3 is 11.8 Å². The second-order valence-electron chi connectivity index (χ2n) is 8.16. The summed E-state index contributed by atoms with van der Waals surface area (Å²) in [5.74, 6) is -1.09. The van der Waals surface area contributed by atoms with Gasteiger partial charge in [-0.05, 0) is 64.0 Å². The summed E-state index contributed by atoms with van der Waals surface area (Å²) in [4.78, 5) is 26.6. The van der Waals surface area contributed by atoms with E-state index in [9.17, 15) is 14.7 Å². The third kappa shape index (κ3) is 5.23. The zero-order chi connectivity index (χ0) is 20.0. The monoisotopic (exact) mass is 404 g/mol. The minimum atomic E-state index is -0.545. The molecule has 1 fully saturated rings. The highest BCUT2D eigenvalue weighted by Gasteiger charge is 2.37. The third-order valence-electron chi connectivity index (χ3n) is 6.03. The highest BCUT2D eigenvalue weighted by molar-refractivity contribution is 7.12. The van der Waals surface area contributed by atoms with E-state index in [0.717, 1.165) is 49.8 Å². The molecule has 3 rings (SSSR count). The molecule has 1 aromatic rings. The molecule has 0 radical (unpaired) electrons. The van der Waals surface area contributed by atoms with Crippen LogP contribution in [0.2, 0.25) is 0 Å². The molecule has 1 heterocycles. The molecule has 2 aliphatic rings. The first kappa shape index (κ1) is 21.1. The summed E-state index contributed by atoms with van der Waals surface area (Å²) in [5, 5.41) is 15.4. The molecule has 154 valence electrons. The molecule has 0 spiro atoms. The molecule has 0 aliphatic heterocycles. The van der Waals surface area contributed by atoms with E-state index in [0.29, 0.717) is 13.1 Å². The lowest BCUT2D eigenvalue weighted by Gasteiger charge is -2.28. The molecule has 3 N–H and O–H groups in total. The van der Waals surface area contributed by atoms with Crippen molar-refractivity contribution in [1.82, 2.24) is 10.6 Å². The van der Waals surface area contributed by atoms with Crippen molar-refractivity contribution >= 4 is 23.2 Å². The Labute approximate surface area is 171 Å². The van der Waals surface area contributed by atoms with Crippen LogP contribution in [0, 0.1) is 0 Å². The second-order valence-corrected chi connectivity index (χ2v) is 9.28. The Morgan fingerprint density at radius 1 is 1.14 bits per heavy atom. The van der Waals surface area contributed by atoms with E-state index in [1.54, 1.807) is 18.3 Å². The van der Waals surface area contributed by atoms with Crippen LogP contribution in [-0.2, 0) is 15.0 Å². The average Bonchev–Trinajstić information content (AvgIpc) is 3.37. The lowest BCUT2D eigenvalue weighted by molar-refractivity contribution is -0.139. The fourth-order valence-electron chi connectivity index (χ4n) is 4.30. The summed E-state index contributed by atoms with van der Waals surface area (Å²) in [5.41, 5.74) is 1.28. The van der Waals surface area contributed by atoms with Crippen LogP contribution in [0.1, 0.15) is 80.6 Å². The molecule has 1 unspecified atom stereocenters. The zero-order valence-corrected chi connectivity index (χ0v) is 17.6. The maximum atomic E-state index is 12.3. The standard InChI is InChI=1S/C22H32N2O3S/c1-16(25)18-9-10-19(28-18)22(12-5-6-13-22)15-24-21(27)20(26)23-14-11-17-7-3-2-4-8-17/h7,9-10,16,25H,2-6,8,11-15H2,1H3,(H,23,26)(H,24,27). The van der Waals surface area contributed by atoms with Crippen LogP contribution in [0.3, 0.4) is 0 Å². The first-order valence-electron chi connectivity index (χ1n) is 10.5. The highest BCUT2D eigenvalue weighted by Crippen LogP contribution is 2.44. The SMILES string of the molecule is CC(O)c1ccc(C2(CNC(=O)C(=O)NCCC3=CCCCC3)CCCC2)s1. The van der Waals surface area contributed by atoms with Crippen molar-refractivity contribution in [2.45, 2.75) is 76.2 Å². The first-order valence-corrected chi connectivity index (χ1v) is 11.3. The smallest absolute Gasteiger partial charge is 0.309 e. The fourth-order valence-corrected chi connectivity index (χ4v) is 5.49. The van der Waals surface area contributed by atoms with Crippen LogP contribution in [0.5, 0.6) is 0 Å². The Kier molecular flexibility index (Phi) is 7.30. The van der Waals surface area contributed by atoms with Gasteiger partial charge in [0.2, 0.25) is 0 Å². The van der Waals surface area contributed by atoms with E-state index in [2.05, 4.69) is 22.8 Å². The molecule has 2 aliphatic carbocycles. The summed E-state index contributed by atoms with van der Waals surface area (Å²) in [6.45, 7) is 2.77. The quantitative estimate of drug-likeness (QED) is 0.478. The first-order chi connectivity index (χ1) is 13.5. The molecule has 0 saturated heterocycles. The predicted octanol–water partition coefficient (Wildman–Crippen LogP) is 3.74. The van der Waals surface area contributed by atoms with E-state index in [1.807, 2.05) is 6.07 Å². The molecule has 1 saturated carbocycles. The Morgan fingerprint density at radius 3 is 2.54 bits per heavy atom. The molecular formula is C22H32N2O3S. The normalized spacial score (nSPS) is 19.7. The van der Waals surface area contributed by atoms with Crippen LogP contribution in [0.25, 0.3) is 0 Å². The number of aliphatic hydroxyl groups is 1. The van der Waals surface area contributed by atoms with Gasteiger partial charge in [0, 0.05) is 28.3 Å². The van der Waals surface area contributed by atoms with E-state index in [-0.39, 0.29) is 5.41 Å². The zero-order valence-electron chi connectivity index (χ0n) is 16.8. The fraction of sp³-hybridized carbons (Fsp3) is 0.636. The van der Waals surface area contributed by atoms with Gasteiger partial charge < -0.3 is 15.7 Å². The van der Waals surface area contributed by atoms with Crippen molar-refractivity contribution in [2.24, 2.45) is 0 Å². The highest BCUT2D eigenvalue weighted by atomic mass is 32.1. The van der Waals surface area contributed by atoms with Crippen LogP contribution in [0.4, 0.5) is 0 Å². The summed E-state index contributed by atoms with van der Waals surface area (Å²) in [6.07, 6.45) is 11.6. The number of allylic oxidation sites excluding steroid dienone is 1. The van der Waals surface area contributed by atoms with Gasteiger partial charge in [0.1, 0.15) is 0 Å². The van der Waals surface area contributed by atoms with E-state index >= 15 is 0 Å². The second kappa shape index (κ2) is 9.70. The Balaban J connectivity index is 1.50. The van der Waals surface area contributed by atoms with Crippen molar-refractivity contribution in [3.05, 3.63) is 33.5 Å². The molecule has 5 nitrogen and oxygen atoms in total. The van der Waals surface area contributed by atoms with Crippen LogP contribution in [0.15, 0.2) is 23.8 Å². The molecule has 28 heavy (non-hydrogen) atoms. The minimum absolute atomic E-state index is 0.110. The van der Waals surface area contributed by atoms with Crippen LogP contribution >= 0.6 is 11.3 Å². The number of amides is 2. The summed E-state index contributed by atoms with van der Waals surface area (Å²) in [6, 6.07) is 4.04. The summed E-state index contributed by atoms with van der Waals surface area (Å²) < 4.78 is 0. The molecule has 1 atom stereocenters. The maximum Gasteiger partial charge on any atom is 0.309 e. The Morgan fingerprint density at radius 2 is 1.89 bits per heavy atom. The van der Waals surface area contributed by atoms with Crippen LogP contribution in [-0.4, -0.2) is 30.0 Å². The number of hydrogen-bond acceptors (Lipinski definition) is 4. The average molecular weight is 405 g/mol. The van der Waals surface area contributed by atoms with Crippen molar-refractivity contribution in [3.8, 4) is 0 Å². The lowest BCUT2D eigenvalue weighted by Crippen LogP contribution is -2.45. The van der Waals surface area contributed by atoms with Gasteiger partial charge in [-0.2, -0.15) is 0 Å². The van der Waals surface area contributed by atoms with Crippen molar-refractivity contribution in [2.75, 3.05) is 13.1 Å². The predicted molar refractivity (Wildman–Crippen MR) is 112 cm³/mol. The Bertz CT molecular complexity index is 717. The summed E-state index contributed by atoms with van der Waals surface area (Å²) in [7, 11) is 0. The van der Waals surface area contributed by atoms with Gasteiger partial charge in [0.05, 0.1) is 6.10 Å². The van der Waals surface area contributed by atoms with Crippen molar-refractivity contribution in [1.29, 1.82) is 0 Å². The number of hydrogen-bond donors (Lipinski definition) is 3. The maximum absolute atomic E-state index is 12.3. The van der Waals surface area contributed by atoms with E-state index < -0.39 is 17.9 Å². The minimum Gasteiger partial charge on any atom is -0.388 e. The molecule has 1 aromatic heterocycles. The van der Waals surface area contributed by atoms with Gasteiger partial charge in [-0.25, -0.2) is 0 Å². The van der Waals surface area contributed by atoms with Gasteiger partial charge in [-0.1, -0.05) is 24.5 Å². The van der Waals surface area contributed by atoms with Crippen molar-refractivity contribution < 1.29 is 14.7 Å². The molecular weight excluding hydrogens is 372 g/mol. The Hall–Kier alpha value is -1.66. The molecule has 6 heteroatoms. The van der Waals surface area contributed by atoms with E-state index in [4.69, 9.17) is 0 Å². The third-order valence-corrected chi connectivity index (χ3v) is 7.53. The number of thiophene rings is 1. The summed E-state index contributed by atoms with van der Waals surface area (Å²) >= 11 is 1.62.